The second kappa shape index (κ2) is 10.5. The van der Waals surface area contributed by atoms with E-state index in [1.807, 2.05) is 43.6 Å². The zero-order valence-corrected chi connectivity index (χ0v) is 24.1. The summed E-state index contributed by atoms with van der Waals surface area (Å²) in [7, 11) is 0. The molecule has 11 heteroatoms. The Morgan fingerprint density at radius 2 is 1.93 bits per heavy atom. The summed E-state index contributed by atoms with van der Waals surface area (Å²) in [6.07, 6.45) is 1.72. The first-order valence-electron chi connectivity index (χ1n) is 13.8. The number of hydrogen-bond donors (Lipinski definition) is 1. The highest BCUT2D eigenvalue weighted by Crippen LogP contribution is 2.36. The number of nitrogens with one attached hydrogen (secondary N) is 1. The number of carbonyl (C=O) groups excluding carboxylic acids is 1. The molecule has 0 radical (unpaired) electrons. The van der Waals surface area contributed by atoms with Gasteiger partial charge in [0, 0.05) is 44.0 Å². The normalized spacial score (nSPS) is 18.8. The van der Waals surface area contributed by atoms with Gasteiger partial charge in [-0.25, -0.2) is 18.7 Å². The van der Waals surface area contributed by atoms with E-state index in [4.69, 9.17) is 16.6 Å². The summed E-state index contributed by atoms with van der Waals surface area (Å²) in [6, 6.07) is 9.62. The second-order valence-electron chi connectivity index (χ2n) is 11.0. The first-order valence-corrected chi connectivity index (χ1v) is 14.2. The van der Waals surface area contributed by atoms with E-state index in [0.29, 0.717) is 48.7 Å². The molecule has 0 bridgehead atoms. The summed E-state index contributed by atoms with van der Waals surface area (Å²) in [5.41, 5.74) is 2.42. The summed E-state index contributed by atoms with van der Waals surface area (Å²) >= 11 is 6.78. The number of carbonyl (C=O) groups is 1. The molecule has 5 heterocycles. The fraction of sp³-hybridized carbons (Fsp3) is 0.367. The van der Waals surface area contributed by atoms with Crippen molar-refractivity contribution in [1.82, 2.24) is 29.7 Å². The summed E-state index contributed by atoms with van der Waals surface area (Å²) in [6.45, 7) is 10.1. The van der Waals surface area contributed by atoms with E-state index in [1.54, 1.807) is 30.5 Å². The van der Waals surface area contributed by atoms with Crippen LogP contribution in [0.1, 0.15) is 37.9 Å². The highest BCUT2D eigenvalue weighted by Gasteiger charge is 2.37. The van der Waals surface area contributed by atoms with Crippen LogP contribution in [0, 0.1) is 12.7 Å². The van der Waals surface area contributed by atoms with E-state index in [1.165, 1.54) is 10.6 Å². The number of aryl methyl sites for hydroxylation is 1. The Morgan fingerprint density at radius 3 is 2.61 bits per heavy atom. The fourth-order valence-electron chi connectivity index (χ4n) is 5.58. The number of piperazine rings is 1. The van der Waals surface area contributed by atoms with Gasteiger partial charge in [0.2, 0.25) is 5.91 Å². The Labute approximate surface area is 242 Å². The van der Waals surface area contributed by atoms with Gasteiger partial charge >= 0.3 is 5.69 Å². The molecule has 0 spiro atoms. The lowest BCUT2D eigenvalue weighted by atomic mass is 10.0. The predicted octanol–water partition coefficient (Wildman–Crippen LogP) is 4.08. The first-order chi connectivity index (χ1) is 19.7. The van der Waals surface area contributed by atoms with E-state index >= 15 is 0 Å². The van der Waals surface area contributed by atoms with Crippen molar-refractivity contribution in [2.24, 2.45) is 0 Å². The zero-order chi connectivity index (χ0) is 29.0. The third-order valence-electron chi connectivity index (χ3n) is 7.77. The van der Waals surface area contributed by atoms with Gasteiger partial charge < -0.3 is 15.1 Å². The molecule has 1 amide bonds. The molecule has 2 fully saturated rings. The van der Waals surface area contributed by atoms with Gasteiger partial charge in [-0.05, 0) is 49.6 Å². The van der Waals surface area contributed by atoms with Gasteiger partial charge in [-0.15, -0.1) is 0 Å². The molecule has 4 aromatic rings. The van der Waals surface area contributed by atoms with Crippen molar-refractivity contribution in [1.29, 1.82) is 0 Å². The molecular formula is C30H31ClFN7O2. The summed E-state index contributed by atoms with van der Waals surface area (Å²) in [5.74, 6) is 0.0747. The molecular weight excluding hydrogens is 545 g/mol. The largest absolute Gasteiger partial charge is 0.355 e. The van der Waals surface area contributed by atoms with Crippen LogP contribution in [0.25, 0.3) is 28.0 Å². The minimum Gasteiger partial charge on any atom is -0.350 e. The molecule has 3 aromatic heterocycles. The van der Waals surface area contributed by atoms with Crippen LogP contribution in [-0.4, -0.2) is 68.6 Å². The average Bonchev–Trinajstić information content (AvgIpc) is 3.79. The SMILES string of the molecule is Cc1ccnc(C(C)C)c1-n1c(=O)nc(N2CCN(C(=O)[C@H]3CN3)CC2C)c2cc(Cl)c(-c3ccccc3F)nc21. The third-order valence-corrected chi connectivity index (χ3v) is 8.06. The highest BCUT2D eigenvalue weighted by atomic mass is 35.5. The Balaban J connectivity index is 1.58. The van der Waals surface area contributed by atoms with Crippen LogP contribution in [0.5, 0.6) is 0 Å². The Bertz CT molecular complexity index is 1740. The van der Waals surface area contributed by atoms with Crippen molar-refractivity contribution in [3.8, 4) is 16.9 Å². The number of amides is 1. The van der Waals surface area contributed by atoms with Crippen molar-refractivity contribution >= 4 is 34.4 Å². The van der Waals surface area contributed by atoms with Crippen molar-refractivity contribution < 1.29 is 9.18 Å². The monoisotopic (exact) mass is 575 g/mol. The van der Waals surface area contributed by atoms with Gasteiger partial charge in [-0.2, -0.15) is 4.98 Å². The van der Waals surface area contributed by atoms with Crippen LogP contribution in [0.3, 0.4) is 0 Å². The van der Waals surface area contributed by atoms with Crippen LogP contribution in [0.2, 0.25) is 5.02 Å². The van der Waals surface area contributed by atoms with Crippen molar-refractivity contribution in [3.63, 3.8) is 0 Å². The van der Waals surface area contributed by atoms with Gasteiger partial charge in [0.05, 0.1) is 33.5 Å². The van der Waals surface area contributed by atoms with Crippen LogP contribution in [0.15, 0.2) is 47.4 Å². The number of pyridine rings is 2. The third kappa shape index (κ3) is 4.85. The van der Waals surface area contributed by atoms with Crippen LogP contribution >= 0.6 is 11.6 Å². The van der Waals surface area contributed by atoms with Gasteiger partial charge in [-0.1, -0.05) is 37.6 Å². The maximum Gasteiger partial charge on any atom is 0.355 e. The topological polar surface area (TPSA) is 106 Å². The molecule has 1 unspecified atom stereocenters. The summed E-state index contributed by atoms with van der Waals surface area (Å²) in [5, 5.41) is 3.87. The lowest BCUT2D eigenvalue weighted by Crippen LogP contribution is -2.55. The molecule has 9 nitrogen and oxygen atoms in total. The smallest absolute Gasteiger partial charge is 0.350 e. The molecule has 2 atom stereocenters. The Morgan fingerprint density at radius 1 is 1.17 bits per heavy atom. The van der Waals surface area contributed by atoms with Crippen LogP contribution in [-0.2, 0) is 4.79 Å². The average molecular weight is 576 g/mol. The number of nitrogens with zero attached hydrogens (tertiary/aromatic N) is 6. The lowest BCUT2D eigenvalue weighted by Gasteiger charge is -2.41. The van der Waals surface area contributed by atoms with Crippen molar-refractivity contribution in [3.05, 3.63) is 75.2 Å². The fourth-order valence-corrected chi connectivity index (χ4v) is 5.83. The van der Waals surface area contributed by atoms with E-state index < -0.39 is 11.5 Å². The maximum atomic E-state index is 14.9. The maximum absolute atomic E-state index is 14.9. The van der Waals surface area contributed by atoms with Crippen molar-refractivity contribution in [2.45, 2.75) is 45.7 Å². The molecule has 212 valence electrons. The molecule has 1 N–H and O–H groups in total. The zero-order valence-electron chi connectivity index (χ0n) is 23.4. The number of rotatable bonds is 5. The number of hydrogen-bond acceptors (Lipinski definition) is 7. The number of benzene rings is 1. The molecule has 41 heavy (non-hydrogen) atoms. The number of aromatic nitrogens is 4. The van der Waals surface area contributed by atoms with E-state index in [-0.39, 0.29) is 40.2 Å². The van der Waals surface area contributed by atoms with Gasteiger partial charge in [0.1, 0.15) is 11.6 Å². The minimum atomic E-state index is -0.521. The molecule has 0 saturated carbocycles. The quantitative estimate of drug-likeness (QED) is 0.357. The Hall–Kier alpha value is -3.89. The van der Waals surface area contributed by atoms with E-state index in [0.717, 1.165) is 11.3 Å². The van der Waals surface area contributed by atoms with Gasteiger partial charge in [0.25, 0.3) is 0 Å². The highest BCUT2D eigenvalue weighted by molar-refractivity contribution is 6.33. The number of anilines is 1. The number of halogens is 2. The van der Waals surface area contributed by atoms with Crippen LogP contribution < -0.4 is 15.9 Å². The summed E-state index contributed by atoms with van der Waals surface area (Å²) in [4.78, 5) is 44.6. The van der Waals surface area contributed by atoms with Gasteiger partial charge in [0.15, 0.2) is 5.65 Å². The molecule has 2 saturated heterocycles. The van der Waals surface area contributed by atoms with E-state index in [9.17, 15) is 14.0 Å². The standard InChI is InChI=1S/C30H31ClFN7O2/c1-16(2)24-26(17(3)9-10-33-24)39-28-20(13-21(31)25(35-28)19-7-5-6-8-22(19)32)27(36-30(39)41)38-12-11-37(15-18(38)4)29(40)23-14-34-23/h5-10,13,16,18,23,34H,11-12,14-15H2,1-4H3/t18?,23-/m1/s1. The summed E-state index contributed by atoms with van der Waals surface area (Å²) < 4.78 is 16.4. The molecule has 6 rings (SSSR count). The predicted molar refractivity (Wildman–Crippen MR) is 157 cm³/mol. The van der Waals surface area contributed by atoms with Crippen LogP contribution in [0.4, 0.5) is 10.2 Å². The van der Waals surface area contributed by atoms with E-state index in [2.05, 4.69) is 15.3 Å². The molecule has 2 aliphatic rings. The van der Waals surface area contributed by atoms with Gasteiger partial charge in [-0.3, -0.25) is 9.78 Å². The molecule has 2 aliphatic heterocycles. The Kier molecular flexibility index (Phi) is 6.99. The molecule has 1 aromatic carbocycles. The molecule has 0 aliphatic carbocycles. The number of fused-ring (bicyclic) bond motifs is 1. The first kappa shape index (κ1) is 27.3. The second-order valence-corrected chi connectivity index (χ2v) is 11.4. The van der Waals surface area contributed by atoms with Crippen molar-refractivity contribution in [2.75, 3.05) is 31.1 Å². The lowest BCUT2D eigenvalue weighted by molar-refractivity contribution is -0.131. The minimum absolute atomic E-state index is 0.0106.